The van der Waals surface area contributed by atoms with Gasteiger partial charge in [-0.05, 0) is 68.0 Å². The van der Waals surface area contributed by atoms with Crippen molar-refractivity contribution >= 4 is 41.1 Å². The van der Waals surface area contributed by atoms with Crippen molar-refractivity contribution in [3.8, 4) is 11.3 Å². The zero-order chi connectivity index (χ0) is 30.0. The molecule has 2 atom stereocenters. The molecular weight excluding hydrogens is 544 g/mol. The molecule has 0 fully saturated rings. The number of anilines is 3. The molecule has 9 nitrogen and oxygen atoms in total. The standard InChI is InChI=1S/C34H28N4O5/c1-34(33(41)42)20-28(37-29(21-34)27-19-23(32(39)40)15-17-36-27)26-18-22(14-16-35-26)30-12-13-31(43-30)38(24-8-4-2-5-9-24)25-10-6-3-7-11-25/h2-14,16-19,21,23H,15,20H2,1H3,(H,39,40)(H,41,42). The number of aromatic nitrogens is 1. The maximum Gasteiger partial charge on any atom is 0.313 e. The zero-order valence-corrected chi connectivity index (χ0v) is 23.3. The third-order valence-electron chi connectivity index (χ3n) is 7.44. The van der Waals surface area contributed by atoms with Gasteiger partial charge in [0.15, 0.2) is 0 Å². The fourth-order valence-electron chi connectivity index (χ4n) is 5.13. The van der Waals surface area contributed by atoms with Gasteiger partial charge in [0, 0.05) is 41.8 Å². The number of benzene rings is 2. The average molecular weight is 573 g/mol. The molecule has 4 heterocycles. The fourth-order valence-corrected chi connectivity index (χ4v) is 5.13. The van der Waals surface area contributed by atoms with Gasteiger partial charge >= 0.3 is 11.9 Å². The SMILES string of the molecule is CC1(C(=O)O)C=C(C2=CC(C(=O)O)CC=N2)N=C(c2cc(-c3ccc(N(c4ccccc4)c4ccccc4)o3)ccn2)C1. The lowest BCUT2D eigenvalue weighted by Gasteiger charge is -2.27. The summed E-state index contributed by atoms with van der Waals surface area (Å²) >= 11 is 0. The highest BCUT2D eigenvalue weighted by Crippen LogP contribution is 2.39. The van der Waals surface area contributed by atoms with Crippen LogP contribution in [0.25, 0.3) is 11.3 Å². The van der Waals surface area contributed by atoms with E-state index in [2.05, 4.69) is 9.98 Å². The molecule has 214 valence electrons. The van der Waals surface area contributed by atoms with Crippen LogP contribution in [0, 0.1) is 11.3 Å². The van der Waals surface area contributed by atoms with Crippen LogP contribution in [-0.2, 0) is 9.59 Å². The molecule has 0 spiro atoms. The molecule has 0 saturated heterocycles. The summed E-state index contributed by atoms with van der Waals surface area (Å²) in [6.07, 6.45) is 6.58. The van der Waals surface area contributed by atoms with Gasteiger partial charge in [-0.15, -0.1) is 0 Å². The molecule has 0 aliphatic carbocycles. The highest BCUT2D eigenvalue weighted by atomic mass is 16.4. The largest absolute Gasteiger partial charge is 0.481 e. The normalized spacial score (nSPS) is 19.7. The van der Waals surface area contributed by atoms with Gasteiger partial charge in [0.25, 0.3) is 0 Å². The molecule has 6 rings (SSSR count). The van der Waals surface area contributed by atoms with Crippen LogP contribution in [0.1, 0.15) is 25.5 Å². The minimum absolute atomic E-state index is 0.0981. The Kier molecular flexibility index (Phi) is 7.29. The first-order valence-corrected chi connectivity index (χ1v) is 13.8. The second-order valence-corrected chi connectivity index (χ2v) is 10.6. The van der Waals surface area contributed by atoms with Crippen LogP contribution < -0.4 is 4.90 Å². The van der Waals surface area contributed by atoms with Crippen molar-refractivity contribution in [1.29, 1.82) is 0 Å². The third kappa shape index (κ3) is 5.65. The van der Waals surface area contributed by atoms with Crippen LogP contribution in [0.2, 0.25) is 0 Å². The van der Waals surface area contributed by atoms with Gasteiger partial charge in [0.2, 0.25) is 5.88 Å². The van der Waals surface area contributed by atoms with Crippen LogP contribution in [0.15, 0.2) is 129 Å². The molecule has 0 saturated carbocycles. The Morgan fingerprint density at radius 1 is 0.930 bits per heavy atom. The first kappa shape index (κ1) is 27.6. The molecule has 4 aromatic rings. The van der Waals surface area contributed by atoms with Gasteiger partial charge in [-0.3, -0.25) is 24.5 Å². The molecule has 2 aromatic carbocycles. The van der Waals surface area contributed by atoms with Crippen LogP contribution in [-0.4, -0.2) is 39.1 Å². The molecule has 0 radical (unpaired) electrons. The Morgan fingerprint density at radius 2 is 1.63 bits per heavy atom. The predicted octanol–water partition coefficient (Wildman–Crippen LogP) is 7.04. The molecule has 2 N–H and O–H groups in total. The Bertz CT molecular complexity index is 1770. The molecular formula is C34H28N4O5. The number of hydrogen-bond donors (Lipinski definition) is 2. The Balaban J connectivity index is 1.36. The van der Waals surface area contributed by atoms with Gasteiger partial charge in [-0.2, -0.15) is 0 Å². The van der Waals surface area contributed by atoms with E-state index in [4.69, 9.17) is 9.41 Å². The van der Waals surface area contributed by atoms with E-state index >= 15 is 0 Å². The molecule has 2 aliphatic rings. The smallest absolute Gasteiger partial charge is 0.313 e. The second kappa shape index (κ2) is 11.4. The van der Waals surface area contributed by atoms with Crippen molar-refractivity contribution in [3.63, 3.8) is 0 Å². The average Bonchev–Trinajstić information content (AvgIpc) is 3.52. The van der Waals surface area contributed by atoms with Gasteiger partial charge < -0.3 is 14.6 Å². The maximum atomic E-state index is 12.4. The maximum absolute atomic E-state index is 12.4. The number of furan rings is 1. The van der Waals surface area contributed by atoms with E-state index in [1.807, 2.05) is 89.8 Å². The Morgan fingerprint density at radius 3 is 2.28 bits per heavy atom. The number of pyridine rings is 1. The molecule has 9 heteroatoms. The van der Waals surface area contributed by atoms with E-state index in [9.17, 15) is 19.8 Å². The molecule has 0 amide bonds. The van der Waals surface area contributed by atoms with E-state index in [0.717, 1.165) is 16.9 Å². The van der Waals surface area contributed by atoms with Crippen LogP contribution in [0.4, 0.5) is 17.3 Å². The third-order valence-corrected chi connectivity index (χ3v) is 7.44. The monoisotopic (exact) mass is 572 g/mol. The van der Waals surface area contributed by atoms with Gasteiger partial charge in [-0.1, -0.05) is 36.4 Å². The Labute approximate surface area is 247 Å². The molecule has 0 bridgehead atoms. The van der Waals surface area contributed by atoms with E-state index < -0.39 is 23.3 Å². The van der Waals surface area contributed by atoms with Crippen LogP contribution in [0.5, 0.6) is 0 Å². The van der Waals surface area contributed by atoms with E-state index in [-0.39, 0.29) is 12.8 Å². The van der Waals surface area contributed by atoms with Crippen molar-refractivity contribution < 1.29 is 24.2 Å². The summed E-state index contributed by atoms with van der Waals surface area (Å²) < 4.78 is 6.38. The zero-order valence-electron chi connectivity index (χ0n) is 23.3. The summed E-state index contributed by atoms with van der Waals surface area (Å²) in [6, 6.07) is 27.3. The summed E-state index contributed by atoms with van der Waals surface area (Å²) in [5.41, 5.74) is 2.93. The molecule has 2 aliphatic heterocycles. The number of carbonyl (C=O) groups is 2. The highest BCUT2D eigenvalue weighted by Gasteiger charge is 2.37. The number of aliphatic carboxylic acids is 2. The van der Waals surface area contributed by atoms with Crippen LogP contribution >= 0.6 is 0 Å². The number of carboxylic acids is 2. The lowest BCUT2D eigenvalue weighted by Crippen LogP contribution is -2.32. The number of para-hydroxylation sites is 2. The summed E-state index contributed by atoms with van der Waals surface area (Å²) in [6.45, 7) is 1.61. The number of hydrogen-bond acceptors (Lipinski definition) is 7. The van der Waals surface area contributed by atoms with Crippen molar-refractivity contribution in [3.05, 3.63) is 120 Å². The molecule has 43 heavy (non-hydrogen) atoms. The summed E-state index contributed by atoms with van der Waals surface area (Å²) in [5.74, 6) is -1.53. The van der Waals surface area contributed by atoms with E-state index in [1.165, 1.54) is 18.4 Å². The van der Waals surface area contributed by atoms with Crippen molar-refractivity contribution in [1.82, 2.24) is 4.98 Å². The summed E-state index contributed by atoms with van der Waals surface area (Å²) in [7, 11) is 0. The molecule has 2 unspecified atom stereocenters. The minimum Gasteiger partial charge on any atom is -0.481 e. The van der Waals surface area contributed by atoms with E-state index in [0.29, 0.717) is 34.4 Å². The number of nitrogens with zero attached hydrogens (tertiary/aromatic N) is 4. The number of aliphatic imine (C=N–C) groups is 2. The highest BCUT2D eigenvalue weighted by molar-refractivity contribution is 6.04. The van der Waals surface area contributed by atoms with Gasteiger partial charge in [0.05, 0.1) is 34.1 Å². The van der Waals surface area contributed by atoms with Crippen molar-refractivity contribution in [2.24, 2.45) is 21.3 Å². The predicted molar refractivity (Wildman–Crippen MR) is 164 cm³/mol. The van der Waals surface area contributed by atoms with Crippen molar-refractivity contribution in [2.75, 3.05) is 4.90 Å². The fraction of sp³-hybridized carbons (Fsp3) is 0.147. The van der Waals surface area contributed by atoms with E-state index in [1.54, 1.807) is 13.1 Å². The first-order chi connectivity index (χ1) is 20.8. The summed E-state index contributed by atoms with van der Waals surface area (Å²) in [4.78, 5) is 39.6. The first-order valence-electron chi connectivity index (χ1n) is 13.8. The number of rotatable bonds is 8. The summed E-state index contributed by atoms with van der Waals surface area (Å²) in [5, 5.41) is 19.6. The lowest BCUT2D eigenvalue weighted by atomic mass is 9.80. The molecule has 2 aromatic heterocycles. The number of carboxylic acid groups (broad SMARTS) is 2. The Hall–Kier alpha value is -5.57. The topological polar surface area (TPSA) is 129 Å². The van der Waals surface area contributed by atoms with Gasteiger partial charge in [0.1, 0.15) is 5.76 Å². The van der Waals surface area contributed by atoms with Crippen molar-refractivity contribution in [2.45, 2.75) is 19.8 Å². The lowest BCUT2D eigenvalue weighted by molar-refractivity contribution is -0.145. The van der Waals surface area contributed by atoms with Gasteiger partial charge in [-0.25, -0.2) is 4.99 Å². The minimum atomic E-state index is -1.29. The second-order valence-electron chi connectivity index (χ2n) is 10.6. The van der Waals surface area contributed by atoms with Crippen LogP contribution in [0.3, 0.4) is 0 Å². The quantitative estimate of drug-likeness (QED) is 0.232.